The second-order valence-corrected chi connectivity index (χ2v) is 8.31. The Kier molecular flexibility index (Phi) is 3.74. The number of nitrogens with zero attached hydrogens (tertiary/aromatic N) is 5. The van der Waals surface area contributed by atoms with Crippen LogP contribution in [0, 0.1) is 6.92 Å². The Labute approximate surface area is 157 Å². The number of benzene rings is 1. The first-order chi connectivity index (χ1) is 12.7. The van der Waals surface area contributed by atoms with Crippen molar-refractivity contribution in [1.82, 2.24) is 20.2 Å². The van der Waals surface area contributed by atoms with Crippen molar-refractivity contribution in [3.63, 3.8) is 0 Å². The maximum Gasteiger partial charge on any atom is 0.208 e. The van der Waals surface area contributed by atoms with E-state index in [1.165, 1.54) is 30.5 Å². The van der Waals surface area contributed by atoms with Crippen LogP contribution in [0.2, 0.25) is 0 Å². The van der Waals surface area contributed by atoms with Crippen LogP contribution in [0.5, 0.6) is 0 Å². The van der Waals surface area contributed by atoms with Gasteiger partial charge in [-0.2, -0.15) is 0 Å². The summed E-state index contributed by atoms with van der Waals surface area (Å²) in [7, 11) is 0. The smallest absolute Gasteiger partial charge is 0.208 e. The van der Waals surface area contributed by atoms with Crippen molar-refractivity contribution in [3.8, 4) is 10.6 Å². The molecular formula is C20H21N5S. The second-order valence-electron chi connectivity index (χ2n) is 7.35. The van der Waals surface area contributed by atoms with Crippen LogP contribution in [-0.2, 0) is 11.8 Å². The van der Waals surface area contributed by atoms with Crippen LogP contribution in [0.25, 0.3) is 10.6 Å². The van der Waals surface area contributed by atoms with Gasteiger partial charge in [0.2, 0.25) is 5.13 Å². The van der Waals surface area contributed by atoms with Gasteiger partial charge in [-0.05, 0) is 38.2 Å². The predicted molar refractivity (Wildman–Crippen MR) is 104 cm³/mol. The van der Waals surface area contributed by atoms with E-state index in [0.717, 1.165) is 41.0 Å². The molecule has 132 valence electrons. The summed E-state index contributed by atoms with van der Waals surface area (Å²) in [6.07, 6.45) is 6.67. The molecule has 1 unspecified atom stereocenters. The van der Waals surface area contributed by atoms with Crippen molar-refractivity contribution in [1.29, 1.82) is 0 Å². The number of piperidine rings is 1. The van der Waals surface area contributed by atoms with Gasteiger partial charge < -0.3 is 4.90 Å². The third-order valence-electron chi connectivity index (χ3n) is 5.64. The molecule has 6 heteroatoms. The van der Waals surface area contributed by atoms with Crippen molar-refractivity contribution in [3.05, 3.63) is 53.6 Å². The molecule has 0 saturated carbocycles. The van der Waals surface area contributed by atoms with Crippen LogP contribution in [0.3, 0.4) is 0 Å². The average molecular weight is 363 g/mol. The zero-order valence-corrected chi connectivity index (χ0v) is 15.7. The Morgan fingerprint density at radius 3 is 2.88 bits per heavy atom. The van der Waals surface area contributed by atoms with Gasteiger partial charge in [-0.1, -0.05) is 41.7 Å². The fraction of sp³-hybridized carbons (Fsp3) is 0.400. The minimum absolute atomic E-state index is 0.153. The average Bonchev–Trinajstić information content (AvgIpc) is 3.29. The second kappa shape index (κ2) is 6.13. The molecule has 1 fully saturated rings. The molecule has 0 N–H and O–H groups in total. The molecular weight excluding hydrogens is 342 g/mol. The highest BCUT2D eigenvalue weighted by Crippen LogP contribution is 2.45. The van der Waals surface area contributed by atoms with Gasteiger partial charge in [-0.25, -0.2) is 9.97 Å². The fourth-order valence-electron chi connectivity index (χ4n) is 4.36. The van der Waals surface area contributed by atoms with E-state index in [1.807, 2.05) is 31.3 Å². The molecule has 0 amide bonds. The van der Waals surface area contributed by atoms with Crippen LogP contribution < -0.4 is 4.90 Å². The number of hydrogen-bond donors (Lipinski definition) is 0. The molecule has 0 bridgehead atoms. The lowest BCUT2D eigenvalue weighted by molar-refractivity contribution is 0.333. The zero-order chi connectivity index (χ0) is 17.6. The normalized spacial score (nSPS) is 22.0. The molecule has 26 heavy (non-hydrogen) atoms. The quantitative estimate of drug-likeness (QED) is 0.693. The summed E-state index contributed by atoms with van der Waals surface area (Å²) in [6.45, 7) is 4.02. The Balaban J connectivity index is 1.44. The number of rotatable bonds is 2. The van der Waals surface area contributed by atoms with Gasteiger partial charge in [0, 0.05) is 30.3 Å². The summed E-state index contributed by atoms with van der Waals surface area (Å²) in [5.41, 5.74) is 3.90. The molecule has 5 rings (SSSR count). The van der Waals surface area contributed by atoms with E-state index in [2.05, 4.69) is 32.2 Å². The van der Waals surface area contributed by atoms with Crippen molar-refractivity contribution >= 4 is 16.5 Å². The Hall–Kier alpha value is -2.34. The summed E-state index contributed by atoms with van der Waals surface area (Å²) in [6, 6.07) is 10.3. The van der Waals surface area contributed by atoms with E-state index in [1.54, 1.807) is 11.3 Å². The van der Waals surface area contributed by atoms with E-state index in [0.29, 0.717) is 0 Å². The van der Waals surface area contributed by atoms with E-state index < -0.39 is 0 Å². The molecule has 1 aliphatic carbocycles. The number of aromatic nitrogens is 4. The molecule has 1 atom stereocenters. The van der Waals surface area contributed by atoms with Gasteiger partial charge >= 0.3 is 0 Å². The number of aryl methyl sites for hydroxylation is 2. The molecule has 3 aromatic rings. The molecule has 0 radical (unpaired) electrons. The standard InChI is InChI=1S/C20H21N5S/c1-14-21-12-16-8-10-20(17(16)22-14)9-5-11-25(13-20)19-24-23-18(26-19)15-6-3-2-4-7-15/h2-4,6-7,12H,5,8-11,13H2,1H3. The topological polar surface area (TPSA) is 54.8 Å². The monoisotopic (exact) mass is 363 g/mol. The van der Waals surface area contributed by atoms with Crippen LogP contribution in [0.4, 0.5) is 5.13 Å². The van der Waals surface area contributed by atoms with Crippen molar-refractivity contribution in [2.24, 2.45) is 0 Å². The highest BCUT2D eigenvalue weighted by molar-refractivity contribution is 7.18. The van der Waals surface area contributed by atoms with Crippen LogP contribution in [-0.4, -0.2) is 33.3 Å². The first kappa shape index (κ1) is 15.9. The molecule has 3 heterocycles. The van der Waals surface area contributed by atoms with Crippen molar-refractivity contribution in [2.45, 2.75) is 38.0 Å². The lowest BCUT2D eigenvalue weighted by Gasteiger charge is -2.40. The van der Waals surface area contributed by atoms with Crippen LogP contribution in [0.15, 0.2) is 36.5 Å². The first-order valence-electron chi connectivity index (χ1n) is 9.20. The highest BCUT2D eigenvalue weighted by atomic mass is 32.1. The van der Waals surface area contributed by atoms with Crippen LogP contribution >= 0.6 is 11.3 Å². The summed E-state index contributed by atoms with van der Waals surface area (Å²) < 4.78 is 0. The zero-order valence-electron chi connectivity index (χ0n) is 14.9. The van der Waals surface area contributed by atoms with Gasteiger partial charge in [-0.3, -0.25) is 0 Å². The molecule has 1 aromatic carbocycles. The third-order valence-corrected chi connectivity index (χ3v) is 6.68. The predicted octanol–water partition coefficient (Wildman–Crippen LogP) is 3.79. The van der Waals surface area contributed by atoms with Crippen molar-refractivity contribution < 1.29 is 0 Å². The molecule has 1 spiro atoms. The summed E-state index contributed by atoms with van der Waals surface area (Å²) in [5, 5.41) is 11.0. The minimum Gasteiger partial charge on any atom is -0.346 e. The largest absolute Gasteiger partial charge is 0.346 e. The van der Waals surface area contributed by atoms with Gasteiger partial charge in [0.25, 0.3) is 0 Å². The molecule has 2 aliphatic rings. The summed E-state index contributed by atoms with van der Waals surface area (Å²) in [4.78, 5) is 11.7. The number of fused-ring (bicyclic) bond motifs is 2. The highest BCUT2D eigenvalue weighted by Gasteiger charge is 2.44. The third kappa shape index (κ3) is 2.60. The SMILES string of the molecule is Cc1ncc2c(n1)C1(CCCN(c3nnc(-c4ccccc4)s3)C1)CC2. The van der Waals surface area contributed by atoms with Crippen LogP contribution in [0.1, 0.15) is 36.3 Å². The van der Waals surface area contributed by atoms with Gasteiger partial charge in [-0.15, -0.1) is 10.2 Å². The Morgan fingerprint density at radius 1 is 1.12 bits per heavy atom. The lowest BCUT2D eigenvalue weighted by Crippen LogP contribution is -2.45. The van der Waals surface area contributed by atoms with Gasteiger partial charge in [0.05, 0.1) is 5.69 Å². The van der Waals surface area contributed by atoms with E-state index >= 15 is 0 Å². The minimum atomic E-state index is 0.153. The number of hydrogen-bond acceptors (Lipinski definition) is 6. The van der Waals surface area contributed by atoms with E-state index in [9.17, 15) is 0 Å². The Morgan fingerprint density at radius 2 is 2.00 bits per heavy atom. The fourth-order valence-corrected chi connectivity index (χ4v) is 5.24. The molecule has 2 aromatic heterocycles. The maximum atomic E-state index is 4.84. The van der Waals surface area contributed by atoms with Gasteiger partial charge in [0.15, 0.2) is 0 Å². The van der Waals surface area contributed by atoms with E-state index in [-0.39, 0.29) is 5.41 Å². The summed E-state index contributed by atoms with van der Waals surface area (Å²) >= 11 is 1.69. The first-order valence-corrected chi connectivity index (χ1v) is 10.0. The van der Waals surface area contributed by atoms with Crippen molar-refractivity contribution in [2.75, 3.05) is 18.0 Å². The summed E-state index contributed by atoms with van der Waals surface area (Å²) in [5.74, 6) is 0.879. The molecule has 5 nitrogen and oxygen atoms in total. The van der Waals surface area contributed by atoms with Gasteiger partial charge in [0.1, 0.15) is 10.8 Å². The Bertz CT molecular complexity index is 934. The molecule has 1 aliphatic heterocycles. The van der Waals surface area contributed by atoms with E-state index in [4.69, 9.17) is 4.98 Å². The molecule has 1 saturated heterocycles. The lowest BCUT2D eigenvalue weighted by atomic mass is 9.77. The maximum absolute atomic E-state index is 4.84. The number of anilines is 1.